The molecule has 32 heavy (non-hydrogen) atoms. The first kappa shape index (κ1) is 22.0. The quantitative estimate of drug-likeness (QED) is 0.363. The molecule has 0 aliphatic carbocycles. The molecule has 1 amide bonds. The maximum absolute atomic E-state index is 13.2. The minimum atomic E-state index is -0.747. The average Bonchev–Trinajstić information content (AvgIpc) is 3.21. The van der Waals surface area contributed by atoms with Crippen LogP contribution in [0.2, 0.25) is 5.02 Å². The first-order chi connectivity index (χ1) is 15.2. The first-order valence-corrected chi connectivity index (χ1v) is 10.7. The monoisotopic (exact) mass is 452 g/mol. The van der Waals surface area contributed by atoms with Gasteiger partial charge in [0.1, 0.15) is 11.3 Å². The van der Waals surface area contributed by atoms with Gasteiger partial charge in [0.05, 0.1) is 17.3 Å². The van der Waals surface area contributed by atoms with E-state index in [2.05, 4.69) is 4.98 Å². The lowest BCUT2D eigenvalue weighted by Gasteiger charge is -2.26. The summed E-state index contributed by atoms with van der Waals surface area (Å²) in [5, 5.41) is 11.9. The van der Waals surface area contributed by atoms with E-state index < -0.39 is 17.7 Å². The maximum Gasteiger partial charge on any atom is 0.295 e. The van der Waals surface area contributed by atoms with Crippen molar-refractivity contribution in [2.24, 2.45) is 0 Å². The Bertz CT molecular complexity index is 1260. The molecule has 0 radical (unpaired) electrons. The number of aryl methyl sites for hydroxylation is 2. The smallest absolute Gasteiger partial charge is 0.295 e. The third-order valence-electron chi connectivity index (χ3n) is 5.74. The SMILES string of the molecule is Cc1nc2c(C)cccn2c1/C(O)=C1\C(=O)C(=O)N(CCN(C)C)[C@H]1c1cccc(Cl)c1. The standard InChI is InChI=1S/C24H25ClN4O3/c1-14-7-6-10-28-19(15(2)26-23(14)28)21(30)18-20(16-8-5-9-17(25)13-16)29(12-11-27(3)4)24(32)22(18)31/h5-10,13,20,30H,11-12H2,1-4H3/b21-18+/t20-/m0/s1. The van der Waals surface area contributed by atoms with Crippen LogP contribution in [0, 0.1) is 13.8 Å². The highest BCUT2D eigenvalue weighted by atomic mass is 35.5. The number of aliphatic hydroxyl groups is 1. The predicted octanol–water partition coefficient (Wildman–Crippen LogP) is 3.59. The summed E-state index contributed by atoms with van der Waals surface area (Å²) in [5.74, 6) is -1.59. The second-order valence-electron chi connectivity index (χ2n) is 8.28. The van der Waals surface area contributed by atoms with Crippen molar-refractivity contribution in [1.82, 2.24) is 19.2 Å². The van der Waals surface area contributed by atoms with Crippen LogP contribution in [0.3, 0.4) is 0 Å². The Morgan fingerprint density at radius 1 is 1.19 bits per heavy atom. The van der Waals surface area contributed by atoms with Crippen molar-refractivity contribution in [3.63, 3.8) is 0 Å². The summed E-state index contributed by atoms with van der Waals surface area (Å²) in [6, 6.07) is 10.1. The molecular weight excluding hydrogens is 428 g/mol. The highest BCUT2D eigenvalue weighted by Crippen LogP contribution is 2.40. The number of aromatic nitrogens is 2. The van der Waals surface area contributed by atoms with Crippen molar-refractivity contribution in [3.8, 4) is 0 Å². The number of rotatable bonds is 5. The number of ketones is 1. The molecular formula is C24H25ClN4O3. The second-order valence-corrected chi connectivity index (χ2v) is 8.72. The van der Waals surface area contributed by atoms with Crippen LogP contribution in [0.5, 0.6) is 0 Å². The number of imidazole rings is 1. The van der Waals surface area contributed by atoms with Crippen LogP contribution < -0.4 is 0 Å². The van der Waals surface area contributed by atoms with E-state index in [0.29, 0.717) is 40.7 Å². The van der Waals surface area contributed by atoms with Crippen molar-refractivity contribution in [3.05, 3.63) is 75.7 Å². The van der Waals surface area contributed by atoms with Gasteiger partial charge in [-0.15, -0.1) is 0 Å². The number of amides is 1. The van der Waals surface area contributed by atoms with Gasteiger partial charge in [0.2, 0.25) is 0 Å². The van der Waals surface area contributed by atoms with Crippen LogP contribution >= 0.6 is 11.6 Å². The highest BCUT2D eigenvalue weighted by Gasteiger charge is 2.46. The maximum atomic E-state index is 13.2. The molecule has 0 saturated carbocycles. The molecule has 1 fully saturated rings. The molecule has 7 nitrogen and oxygen atoms in total. The van der Waals surface area contributed by atoms with Gasteiger partial charge in [0, 0.05) is 24.3 Å². The van der Waals surface area contributed by atoms with Gasteiger partial charge in [0.25, 0.3) is 11.7 Å². The van der Waals surface area contributed by atoms with E-state index in [1.54, 1.807) is 35.7 Å². The van der Waals surface area contributed by atoms with Crippen molar-refractivity contribution < 1.29 is 14.7 Å². The Balaban J connectivity index is 1.95. The number of Topliss-reactive ketones (excluding diaryl/α,β-unsaturated/α-hetero) is 1. The predicted molar refractivity (Wildman–Crippen MR) is 124 cm³/mol. The molecule has 3 heterocycles. The molecule has 1 aliphatic rings. The van der Waals surface area contributed by atoms with Crippen molar-refractivity contribution in [2.45, 2.75) is 19.9 Å². The van der Waals surface area contributed by atoms with E-state index in [4.69, 9.17) is 11.6 Å². The fourth-order valence-electron chi connectivity index (χ4n) is 4.17. The zero-order chi connectivity index (χ0) is 23.2. The Kier molecular flexibility index (Phi) is 5.79. The van der Waals surface area contributed by atoms with Crippen molar-refractivity contribution in [1.29, 1.82) is 0 Å². The number of likely N-dealkylation sites (tertiary alicyclic amines) is 1. The molecule has 1 saturated heterocycles. The lowest BCUT2D eigenvalue weighted by atomic mass is 9.96. The molecule has 3 aromatic rings. The fourth-order valence-corrected chi connectivity index (χ4v) is 4.37. The summed E-state index contributed by atoms with van der Waals surface area (Å²) in [4.78, 5) is 34.2. The lowest BCUT2D eigenvalue weighted by molar-refractivity contribution is -0.140. The minimum absolute atomic E-state index is 0.0439. The molecule has 1 atom stereocenters. The molecule has 4 rings (SSSR count). The van der Waals surface area contributed by atoms with E-state index >= 15 is 0 Å². The topological polar surface area (TPSA) is 78.1 Å². The Morgan fingerprint density at radius 3 is 2.62 bits per heavy atom. The zero-order valence-electron chi connectivity index (χ0n) is 18.5. The number of fused-ring (bicyclic) bond motifs is 1. The third kappa shape index (κ3) is 3.67. The van der Waals surface area contributed by atoms with Crippen molar-refractivity contribution in [2.75, 3.05) is 27.2 Å². The van der Waals surface area contributed by atoms with Crippen LogP contribution in [0.25, 0.3) is 11.4 Å². The fraction of sp³-hybridized carbons (Fsp3) is 0.292. The second kappa shape index (κ2) is 8.41. The Hall–Kier alpha value is -3.16. The van der Waals surface area contributed by atoms with Crippen molar-refractivity contribution >= 4 is 34.7 Å². The average molecular weight is 453 g/mol. The Morgan fingerprint density at radius 2 is 1.94 bits per heavy atom. The van der Waals surface area contributed by atoms with Gasteiger partial charge < -0.3 is 14.9 Å². The van der Waals surface area contributed by atoms with Gasteiger partial charge in [-0.05, 0) is 57.3 Å². The highest BCUT2D eigenvalue weighted by molar-refractivity contribution is 6.46. The molecule has 0 unspecified atom stereocenters. The van der Waals surface area contributed by atoms with Crippen LogP contribution in [0.15, 0.2) is 48.2 Å². The van der Waals surface area contributed by atoms with Gasteiger partial charge in [-0.3, -0.25) is 14.0 Å². The number of halogens is 1. The molecule has 0 spiro atoms. The summed E-state index contributed by atoms with van der Waals surface area (Å²) in [5.41, 5.74) is 3.31. The van der Waals surface area contributed by atoms with E-state index in [9.17, 15) is 14.7 Å². The number of nitrogens with zero attached hydrogens (tertiary/aromatic N) is 4. The molecule has 8 heteroatoms. The number of carbonyl (C=O) groups is 2. The summed E-state index contributed by atoms with van der Waals surface area (Å²) >= 11 is 6.23. The molecule has 166 valence electrons. The van der Waals surface area contributed by atoms with E-state index in [1.807, 2.05) is 44.1 Å². The van der Waals surface area contributed by atoms with Gasteiger partial charge in [-0.25, -0.2) is 4.98 Å². The van der Waals surface area contributed by atoms with Gasteiger partial charge >= 0.3 is 0 Å². The molecule has 0 bridgehead atoms. The number of likely N-dealkylation sites (N-methyl/N-ethyl adjacent to an activating group) is 1. The van der Waals surface area contributed by atoms with E-state index in [-0.39, 0.29) is 11.3 Å². The zero-order valence-corrected chi connectivity index (χ0v) is 19.2. The number of hydrogen-bond acceptors (Lipinski definition) is 5. The number of hydrogen-bond donors (Lipinski definition) is 1. The summed E-state index contributed by atoms with van der Waals surface area (Å²) < 4.78 is 1.75. The van der Waals surface area contributed by atoms with E-state index in [0.717, 1.165) is 5.56 Å². The molecule has 1 aliphatic heterocycles. The summed E-state index contributed by atoms with van der Waals surface area (Å²) in [6.45, 7) is 4.60. The minimum Gasteiger partial charge on any atom is -0.505 e. The lowest BCUT2D eigenvalue weighted by Crippen LogP contribution is -2.35. The first-order valence-electron chi connectivity index (χ1n) is 10.3. The number of aliphatic hydroxyl groups excluding tert-OH is 1. The molecule has 1 aromatic carbocycles. The van der Waals surface area contributed by atoms with Gasteiger partial charge in [-0.1, -0.05) is 29.8 Å². The van der Waals surface area contributed by atoms with E-state index in [1.165, 1.54) is 4.90 Å². The number of benzene rings is 1. The van der Waals surface area contributed by atoms with Crippen LogP contribution in [0.1, 0.15) is 28.6 Å². The van der Waals surface area contributed by atoms with Crippen LogP contribution in [-0.2, 0) is 9.59 Å². The summed E-state index contributed by atoms with van der Waals surface area (Å²) in [6.07, 6.45) is 1.79. The van der Waals surface area contributed by atoms with Crippen LogP contribution in [0.4, 0.5) is 0 Å². The van der Waals surface area contributed by atoms with Gasteiger partial charge in [0.15, 0.2) is 5.76 Å². The number of pyridine rings is 1. The largest absolute Gasteiger partial charge is 0.505 e. The summed E-state index contributed by atoms with van der Waals surface area (Å²) in [7, 11) is 3.80. The molecule has 2 aromatic heterocycles. The number of carbonyl (C=O) groups excluding carboxylic acids is 2. The normalized spacial score (nSPS) is 18.3. The third-order valence-corrected chi connectivity index (χ3v) is 5.97. The Labute approximate surface area is 191 Å². The van der Waals surface area contributed by atoms with Crippen LogP contribution in [-0.4, -0.2) is 63.2 Å². The van der Waals surface area contributed by atoms with Gasteiger partial charge in [-0.2, -0.15) is 0 Å². The molecule has 1 N–H and O–H groups in total.